The summed E-state index contributed by atoms with van der Waals surface area (Å²) in [4.78, 5) is 4.15. The third kappa shape index (κ3) is 1.46. The molecule has 1 aliphatic rings. The van der Waals surface area contributed by atoms with Crippen LogP contribution in [0.15, 0.2) is 12.4 Å². The minimum atomic E-state index is -0.889. The first-order valence-electron chi connectivity index (χ1n) is 4.56. The van der Waals surface area contributed by atoms with Gasteiger partial charge in [-0.15, -0.1) is 0 Å². The number of hydrogen-bond donors (Lipinski definition) is 0. The highest BCUT2D eigenvalue weighted by Gasteiger charge is 2.30. The Kier molecular flexibility index (Phi) is 2.31. The molecule has 2 rings (SSSR count). The molecule has 1 fully saturated rings. The maximum absolute atomic E-state index is 13.3. The van der Waals surface area contributed by atoms with Gasteiger partial charge in [-0.05, 0) is 0 Å². The molecule has 13 heavy (non-hydrogen) atoms. The van der Waals surface area contributed by atoms with E-state index >= 15 is 0 Å². The lowest BCUT2D eigenvalue weighted by atomic mass is 10.2. The SMILES string of the molecule is CCc1nccn1[C@@H]1COC[C@H]1F. The third-order valence-electron chi connectivity index (χ3n) is 2.41. The third-order valence-corrected chi connectivity index (χ3v) is 2.41. The van der Waals surface area contributed by atoms with Crippen LogP contribution in [0.4, 0.5) is 4.39 Å². The largest absolute Gasteiger partial charge is 0.376 e. The average molecular weight is 184 g/mol. The van der Waals surface area contributed by atoms with E-state index in [-0.39, 0.29) is 12.6 Å². The number of ether oxygens (including phenoxy) is 1. The maximum atomic E-state index is 13.3. The van der Waals surface area contributed by atoms with Crippen molar-refractivity contribution in [2.24, 2.45) is 0 Å². The number of rotatable bonds is 2. The van der Waals surface area contributed by atoms with Crippen LogP contribution >= 0.6 is 0 Å². The molecule has 0 N–H and O–H groups in total. The predicted molar refractivity (Wildman–Crippen MR) is 46.4 cm³/mol. The Morgan fingerprint density at radius 3 is 3.15 bits per heavy atom. The van der Waals surface area contributed by atoms with Crippen molar-refractivity contribution < 1.29 is 9.13 Å². The van der Waals surface area contributed by atoms with Crippen LogP contribution in [0.3, 0.4) is 0 Å². The van der Waals surface area contributed by atoms with Crippen molar-refractivity contribution in [3.05, 3.63) is 18.2 Å². The second-order valence-electron chi connectivity index (χ2n) is 3.23. The predicted octanol–water partition coefficient (Wildman–Crippen LogP) is 1.35. The highest BCUT2D eigenvalue weighted by atomic mass is 19.1. The second-order valence-corrected chi connectivity index (χ2v) is 3.23. The van der Waals surface area contributed by atoms with Gasteiger partial charge in [0, 0.05) is 18.8 Å². The normalized spacial score (nSPS) is 28.2. The molecule has 1 aliphatic heterocycles. The Balaban J connectivity index is 2.23. The van der Waals surface area contributed by atoms with Gasteiger partial charge in [0.1, 0.15) is 12.0 Å². The fraction of sp³-hybridized carbons (Fsp3) is 0.667. The van der Waals surface area contributed by atoms with Crippen LogP contribution in [-0.4, -0.2) is 28.9 Å². The first-order chi connectivity index (χ1) is 6.33. The van der Waals surface area contributed by atoms with Gasteiger partial charge in [0.2, 0.25) is 0 Å². The molecule has 3 nitrogen and oxygen atoms in total. The molecular weight excluding hydrogens is 171 g/mol. The van der Waals surface area contributed by atoms with E-state index in [9.17, 15) is 4.39 Å². The van der Waals surface area contributed by atoms with Crippen LogP contribution in [0, 0.1) is 0 Å². The molecule has 0 spiro atoms. The Labute approximate surface area is 76.5 Å². The van der Waals surface area contributed by atoms with Gasteiger partial charge in [-0.25, -0.2) is 9.37 Å². The van der Waals surface area contributed by atoms with E-state index < -0.39 is 6.17 Å². The standard InChI is InChI=1S/C9H13FN2O/c1-2-9-11-3-4-12(9)8-6-13-5-7(8)10/h3-4,7-8H,2,5-6H2,1H3/t7-,8-/m1/s1. The van der Waals surface area contributed by atoms with E-state index in [2.05, 4.69) is 4.98 Å². The Morgan fingerprint density at radius 2 is 2.54 bits per heavy atom. The van der Waals surface area contributed by atoms with E-state index in [0.717, 1.165) is 12.2 Å². The minimum absolute atomic E-state index is 0.169. The number of aromatic nitrogens is 2. The summed E-state index contributed by atoms with van der Waals surface area (Å²) in [6.45, 7) is 2.69. The number of hydrogen-bond acceptors (Lipinski definition) is 2. The van der Waals surface area contributed by atoms with Crippen LogP contribution in [0.25, 0.3) is 0 Å². The lowest BCUT2D eigenvalue weighted by Gasteiger charge is -2.14. The molecule has 72 valence electrons. The molecule has 0 aromatic carbocycles. The second kappa shape index (κ2) is 3.46. The molecule has 0 amide bonds. The molecular formula is C9H13FN2O. The van der Waals surface area contributed by atoms with Gasteiger partial charge in [-0.3, -0.25) is 0 Å². The zero-order valence-corrected chi connectivity index (χ0v) is 7.61. The molecule has 0 saturated carbocycles. The van der Waals surface area contributed by atoms with Crippen molar-refractivity contribution in [1.29, 1.82) is 0 Å². The fourth-order valence-electron chi connectivity index (χ4n) is 1.69. The summed E-state index contributed by atoms with van der Waals surface area (Å²) >= 11 is 0. The highest BCUT2D eigenvalue weighted by molar-refractivity contribution is 4.97. The van der Waals surface area contributed by atoms with E-state index in [1.807, 2.05) is 17.7 Å². The number of halogens is 1. The van der Waals surface area contributed by atoms with Gasteiger partial charge in [-0.1, -0.05) is 6.92 Å². The maximum Gasteiger partial charge on any atom is 0.146 e. The molecule has 0 unspecified atom stereocenters. The number of aryl methyl sites for hydroxylation is 1. The minimum Gasteiger partial charge on any atom is -0.376 e. The first-order valence-corrected chi connectivity index (χ1v) is 4.56. The summed E-state index contributed by atoms with van der Waals surface area (Å²) in [6.07, 6.45) is 3.48. The first kappa shape index (κ1) is 8.69. The van der Waals surface area contributed by atoms with Crippen LogP contribution in [0.2, 0.25) is 0 Å². The smallest absolute Gasteiger partial charge is 0.146 e. The molecule has 0 bridgehead atoms. The summed E-state index contributed by atoms with van der Waals surface area (Å²) in [5.74, 6) is 0.929. The molecule has 0 radical (unpaired) electrons. The molecule has 2 atom stereocenters. The topological polar surface area (TPSA) is 27.1 Å². The fourth-order valence-corrected chi connectivity index (χ4v) is 1.69. The molecule has 0 aliphatic carbocycles. The van der Waals surface area contributed by atoms with Crippen LogP contribution in [0.1, 0.15) is 18.8 Å². The van der Waals surface area contributed by atoms with Crippen molar-refractivity contribution in [2.45, 2.75) is 25.6 Å². The van der Waals surface area contributed by atoms with Crippen molar-refractivity contribution in [1.82, 2.24) is 9.55 Å². The van der Waals surface area contributed by atoms with E-state index in [1.54, 1.807) is 6.20 Å². The van der Waals surface area contributed by atoms with Crippen LogP contribution < -0.4 is 0 Å². The number of imidazole rings is 1. The van der Waals surface area contributed by atoms with Crippen molar-refractivity contribution in [2.75, 3.05) is 13.2 Å². The lowest BCUT2D eigenvalue weighted by Crippen LogP contribution is -2.19. The van der Waals surface area contributed by atoms with Crippen LogP contribution in [-0.2, 0) is 11.2 Å². The quantitative estimate of drug-likeness (QED) is 0.693. The number of nitrogens with zero attached hydrogens (tertiary/aromatic N) is 2. The molecule has 4 heteroatoms. The Bertz CT molecular complexity index is 287. The van der Waals surface area contributed by atoms with Gasteiger partial charge < -0.3 is 9.30 Å². The summed E-state index contributed by atoms with van der Waals surface area (Å²) in [5.41, 5.74) is 0. The van der Waals surface area contributed by atoms with E-state index in [1.165, 1.54) is 0 Å². The summed E-state index contributed by atoms with van der Waals surface area (Å²) in [6, 6.07) is -0.169. The van der Waals surface area contributed by atoms with Crippen molar-refractivity contribution in [3.8, 4) is 0 Å². The van der Waals surface area contributed by atoms with Gasteiger partial charge in [0.05, 0.1) is 19.3 Å². The summed E-state index contributed by atoms with van der Waals surface area (Å²) in [7, 11) is 0. The highest BCUT2D eigenvalue weighted by Crippen LogP contribution is 2.23. The van der Waals surface area contributed by atoms with Crippen LogP contribution in [0.5, 0.6) is 0 Å². The number of alkyl halides is 1. The van der Waals surface area contributed by atoms with Crippen molar-refractivity contribution in [3.63, 3.8) is 0 Å². The Hall–Kier alpha value is -0.900. The Morgan fingerprint density at radius 1 is 1.69 bits per heavy atom. The average Bonchev–Trinajstić information content (AvgIpc) is 2.71. The van der Waals surface area contributed by atoms with Crippen molar-refractivity contribution >= 4 is 0 Å². The van der Waals surface area contributed by atoms with Gasteiger partial charge in [0.25, 0.3) is 0 Å². The monoisotopic (exact) mass is 184 g/mol. The molecule has 2 heterocycles. The summed E-state index contributed by atoms with van der Waals surface area (Å²) in [5, 5.41) is 0. The summed E-state index contributed by atoms with van der Waals surface area (Å²) < 4.78 is 20.2. The lowest BCUT2D eigenvalue weighted by molar-refractivity contribution is 0.172. The van der Waals surface area contributed by atoms with E-state index in [0.29, 0.717) is 6.61 Å². The molecule has 1 aromatic rings. The van der Waals surface area contributed by atoms with Gasteiger partial charge in [0.15, 0.2) is 0 Å². The van der Waals surface area contributed by atoms with Gasteiger partial charge >= 0.3 is 0 Å². The molecule has 1 aromatic heterocycles. The zero-order chi connectivity index (χ0) is 9.26. The molecule has 1 saturated heterocycles. The van der Waals surface area contributed by atoms with Gasteiger partial charge in [-0.2, -0.15) is 0 Å². The van der Waals surface area contributed by atoms with E-state index in [4.69, 9.17) is 4.74 Å². The zero-order valence-electron chi connectivity index (χ0n) is 7.61.